The third-order valence-corrected chi connectivity index (χ3v) is 4.35. The van der Waals surface area contributed by atoms with Crippen LogP contribution < -0.4 is 11.1 Å². The lowest BCUT2D eigenvalue weighted by atomic mass is 9.79. The Morgan fingerprint density at radius 2 is 2.26 bits per heavy atom. The summed E-state index contributed by atoms with van der Waals surface area (Å²) in [7, 11) is 0. The largest absolute Gasteiger partial charge is 0.398 e. The van der Waals surface area contributed by atoms with Crippen molar-refractivity contribution in [1.82, 2.24) is 0 Å². The maximum absolute atomic E-state index is 10.6. The quantitative estimate of drug-likeness (QED) is 0.743. The molecule has 0 saturated heterocycles. The van der Waals surface area contributed by atoms with Crippen molar-refractivity contribution >= 4 is 23.0 Å². The fourth-order valence-corrected chi connectivity index (χ4v) is 3.11. The van der Waals surface area contributed by atoms with Crippen LogP contribution in [0.3, 0.4) is 0 Å². The number of nitrogens with one attached hydrogen (secondary N) is 1. The highest BCUT2D eigenvalue weighted by atomic mass is 35.5. The SMILES string of the molecule is Cc1cc(N)c(Cl)cc1NCC1(O)CCCC(C)C1. The molecule has 1 aliphatic carbocycles. The molecule has 0 amide bonds. The Morgan fingerprint density at radius 3 is 2.95 bits per heavy atom. The van der Waals surface area contributed by atoms with Gasteiger partial charge in [0.2, 0.25) is 0 Å². The topological polar surface area (TPSA) is 58.3 Å². The number of halogens is 1. The fraction of sp³-hybridized carbons (Fsp3) is 0.600. The Hall–Kier alpha value is -0.930. The van der Waals surface area contributed by atoms with Crippen LogP contribution >= 0.6 is 11.6 Å². The van der Waals surface area contributed by atoms with Crippen LogP contribution in [-0.4, -0.2) is 17.3 Å². The number of nitrogen functional groups attached to an aromatic ring is 1. The number of hydrogen-bond donors (Lipinski definition) is 3. The van der Waals surface area contributed by atoms with E-state index in [4.69, 9.17) is 17.3 Å². The highest BCUT2D eigenvalue weighted by Crippen LogP contribution is 2.33. The van der Waals surface area contributed by atoms with Crippen LogP contribution in [0.15, 0.2) is 12.1 Å². The summed E-state index contributed by atoms with van der Waals surface area (Å²) < 4.78 is 0. The van der Waals surface area contributed by atoms with Crippen molar-refractivity contribution in [2.75, 3.05) is 17.6 Å². The second-order valence-electron chi connectivity index (χ2n) is 5.97. The molecule has 1 aliphatic rings. The van der Waals surface area contributed by atoms with Crippen LogP contribution in [0.1, 0.15) is 38.2 Å². The van der Waals surface area contributed by atoms with Crippen LogP contribution in [0.5, 0.6) is 0 Å². The predicted octanol–water partition coefficient (Wildman–Crippen LogP) is 3.58. The van der Waals surface area contributed by atoms with Crippen molar-refractivity contribution in [3.63, 3.8) is 0 Å². The molecule has 0 spiro atoms. The van der Waals surface area contributed by atoms with Crippen LogP contribution in [-0.2, 0) is 0 Å². The second-order valence-corrected chi connectivity index (χ2v) is 6.38. The van der Waals surface area contributed by atoms with Gasteiger partial charge in [-0.05, 0) is 43.4 Å². The molecule has 0 aromatic heterocycles. The summed E-state index contributed by atoms with van der Waals surface area (Å²) in [6, 6.07) is 3.69. The summed E-state index contributed by atoms with van der Waals surface area (Å²) in [6.45, 7) is 4.76. The molecule has 3 nitrogen and oxygen atoms in total. The average molecular weight is 283 g/mol. The van der Waals surface area contributed by atoms with Crippen molar-refractivity contribution in [3.8, 4) is 0 Å². The van der Waals surface area contributed by atoms with Gasteiger partial charge in [-0.3, -0.25) is 0 Å². The maximum atomic E-state index is 10.6. The fourth-order valence-electron chi connectivity index (χ4n) is 2.95. The minimum absolute atomic E-state index is 0.553. The first-order valence-electron chi connectivity index (χ1n) is 6.91. The molecule has 0 heterocycles. The van der Waals surface area contributed by atoms with E-state index in [0.29, 0.717) is 23.2 Å². The van der Waals surface area contributed by atoms with Gasteiger partial charge in [0.25, 0.3) is 0 Å². The minimum Gasteiger partial charge on any atom is -0.398 e. The van der Waals surface area contributed by atoms with Crippen molar-refractivity contribution in [2.24, 2.45) is 5.92 Å². The standard InChI is InChI=1S/C15H23ClN2O/c1-10-4-3-5-15(19,8-10)9-18-14-7-12(16)13(17)6-11(14)2/h6-7,10,18-19H,3-5,8-9,17H2,1-2H3. The van der Waals surface area contributed by atoms with E-state index in [1.807, 2.05) is 19.1 Å². The van der Waals surface area contributed by atoms with Crippen LogP contribution in [0, 0.1) is 12.8 Å². The number of benzene rings is 1. The lowest BCUT2D eigenvalue weighted by Crippen LogP contribution is -2.41. The molecule has 1 aromatic rings. The Balaban J connectivity index is 2.04. The number of hydrogen-bond acceptors (Lipinski definition) is 3. The van der Waals surface area contributed by atoms with E-state index in [1.54, 1.807) is 0 Å². The van der Waals surface area contributed by atoms with Gasteiger partial charge in [0.05, 0.1) is 16.3 Å². The molecule has 0 aliphatic heterocycles. The van der Waals surface area contributed by atoms with Gasteiger partial charge >= 0.3 is 0 Å². The predicted molar refractivity (Wildman–Crippen MR) is 81.7 cm³/mol. The second kappa shape index (κ2) is 5.59. The van der Waals surface area contributed by atoms with E-state index in [0.717, 1.165) is 30.5 Å². The molecule has 0 radical (unpaired) electrons. The highest BCUT2D eigenvalue weighted by molar-refractivity contribution is 6.33. The van der Waals surface area contributed by atoms with Gasteiger partial charge in [0.15, 0.2) is 0 Å². The molecule has 106 valence electrons. The highest BCUT2D eigenvalue weighted by Gasteiger charge is 2.32. The third-order valence-electron chi connectivity index (χ3n) is 4.02. The van der Waals surface area contributed by atoms with Gasteiger partial charge in [-0.25, -0.2) is 0 Å². The lowest BCUT2D eigenvalue weighted by Gasteiger charge is -2.36. The first kappa shape index (κ1) is 14.5. The molecule has 0 bridgehead atoms. The number of aliphatic hydroxyl groups is 1. The molecular formula is C15H23ClN2O. The molecule has 1 saturated carbocycles. The van der Waals surface area contributed by atoms with Crippen molar-refractivity contribution in [3.05, 3.63) is 22.7 Å². The summed E-state index contributed by atoms with van der Waals surface area (Å²) >= 11 is 6.04. The van der Waals surface area contributed by atoms with E-state index in [2.05, 4.69) is 12.2 Å². The molecule has 4 N–H and O–H groups in total. The summed E-state index contributed by atoms with van der Waals surface area (Å²) in [6.07, 6.45) is 4.05. The average Bonchev–Trinajstić information content (AvgIpc) is 2.32. The van der Waals surface area contributed by atoms with E-state index in [-0.39, 0.29) is 0 Å². The Bertz CT molecular complexity index is 464. The Morgan fingerprint density at radius 1 is 1.53 bits per heavy atom. The van der Waals surface area contributed by atoms with Gasteiger partial charge in [-0.2, -0.15) is 0 Å². The van der Waals surface area contributed by atoms with Gasteiger partial charge in [0, 0.05) is 12.2 Å². The van der Waals surface area contributed by atoms with Crippen molar-refractivity contribution in [2.45, 2.75) is 45.1 Å². The molecule has 2 unspecified atom stereocenters. The Labute approximate surface area is 120 Å². The van der Waals surface area contributed by atoms with Crippen LogP contribution in [0.25, 0.3) is 0 Å². The van der Waals surface area contributed by atoms with E-state index in [1.165, 1.54) is 6.42 Å². The van der Waals surface area contributed by atoms with Gasteiger partial charge < -0.3 is 16.2 Å². The summed E-state index contributed by atoms with van der Waals surface area (Å²) in [5.74, 6) is 0.594. The van der Waals surface area contributed by atoms with Gasteiger partial charge in [0.1, 0.15) is 0 Å². The zero-order chi connectivity index (χ0) is 14.0. The van der Waals surface area contributed by atoms with Gasteiger partial charge in [-0.15, -0.1) is 0 Å². The number of aryl methyl sites for hydroxylation is 1. The van der Waals surface area contributed by atoms with E-state index in [9.17, 15) is 5.11 Å². The van der Waals surface area contributed by atoms with Crippen molar-refractivity contribution < 1.29 is 5.11 Å². The smallest absolute Gasteiger partial charge is 0.0821 e. The molecule has 19 heavy (non-hydrogen) atoms. The summed E-state index contributed by atoms with van der Waals surface area (Å²) in [5, 5.41) is 14.5. The molecule has 1 fully saturated rings. The molecule has 2 rings (SSSR count). The number of rotatable bonds is 3. The zero-order valence-corrected chi connectivity index (χ0v) is 12.4. The van der Waals surface area contributed by atoms with Gasteiger partial charge in [-0.1, -0.05) is 31.4 Å². The molecule has 2 atom stereocenters. The maximum Gasteiger partial charge on any atom is 0.0821 e. The molecule has 4 heteroatoms. The van der Waals surface area contributed by atoms with Crippen molar-refractivity contribution in [1.29, 1.82) is 0 Å². The van der Waals surface area contributed by atoms with E-state index >= 15 is 0 Å². The number of anilines is 2. The summed E-state index contributed by atoms with van der Waals surface area (Å²) in [4.78, 5) is 0. The normalized spacial score (nSPS) is 27.3. The van der Waals surface area contributed by atoms with Crippen LogP contribution in [0.2, 0.25) is 5.02 Å². The van der Waals surface area contributed by atoms with Crippen LogP contribution in [0.4, 0.5) is 11.4 Å². The third kappa shape index (κ3) is 3.54. The molecule has 1 aromatic carbocycles. The lowest BCUT2D eigenvalue weighted by molar-refractivity contribution is -0.000766. The first-order valence-corrected chi connectivity index (χ1v) is 7.29. The minimum atomic E-state index is -0.599. The zero-order valence-electron chi connectivity index (χ0n) is 11.7. The monoisotopic (exact) mass is 282 g/mol. The molecular weight excluding hydrogens is 260 g/mol. The number of nitrogens with two attached hydrogens (primary N) is 1. The van der Waals surface area contributed by atoms with E-state index < -0.39 is 5.60 Å². The Kier molecular flexibility index (Phi) is 4.26. The summed E-state index contributed by atoms with van der Waals surface area (Å²) in [5.41, 5.74) is 7.76. The first-order chi connectivity index (χ1) is 8.89.